The standard InChI is InChI=1S/C13H17NO4S/c1-3-18-13(16)12-9(5-4-6-10(12)14)7-19-8-11(15)17-2/h4-6H,3,7-8,14H2,1-2H3. The summed E-state index contributed by atoms with van der Waals surface area (Å²) in [6.45, 7) is 2.03. The number of esters is 2. The summed E-state index contributed by atoms with van der Waals surface area (Å²) in [5.74, 6) is -0.0113. The number of methoxy groups -OCH3 is 1. The third kappa shape index (κ3) is 4.48. The summed E-state index contributed by atoms with van der Waals surface area (Å²) in [5.41, 5.74) is 7.33. The normalized spacial score (nSPS) is 10.0. The van der Waals surface area contributed by atoms with Gasteiger partial charge in [0.15, 0.2) is 0 Å². The van der Waals surface area contributed by atoms with Crippen molar-refractivity contribution in [2.75, 3.05) is 25.2 Å². The van der Waals surface area contributed by atoms with E-state index in [0.29, 0.717) is 23.6 Å². The molecule has 1 aromatic rings. The van der Waals surface area contributed by atoms with E-state index in [9.17, 15) is 9.59 Å². The third-order valence-corrected chi connectivity index (χ3v) is 3.32. The first-order chi connectivity index (χ1) is 9.10. The molecule has 0 aliphatic rings. The van der Waals surface area contributed by atoms with Gasteiger partial charge in [-0.25, -0.2) is 4.79 Å². The molecule has 0 aliphatic carbocycles. The van der Waals surface area contributed by atoms with E-state index in [2.05, 4.69) is 4.74 Å². The molecule has 0 fully saturated rings. The smallest absolute Gasteiger partial charge is 0.340 e. The molecule has 104 valence electrons. The number of hydrogen-bond acceptors (Lipinski definition) is 6. The molecular weight excluding hydrogens is 266 g/mol. The van der Waals surface area contributed by atoms with Gasteiger partial charge < -0.3 is 15.2 Å². The van der Waals surface area contributed by atoms with Gasteiger partial charge in [-0.05, 0) is 18.6 Å². The van der Waals surface area contributed by atoms with Crippen molar-refractivity contribution in [3.8, 4) is 0 Å². The number of carbonyl (C=O) groups excluding carboxylic acids is 2. The fraction of sp³-hybridized carbons (Fsp3) is 0.385. The van der Waals surface area contributed by atoms with Crippen molar-refractivity contribution in [3.05, 3.63) is 29.3 Å². The van der Waals surface area contributed by atoms with E-state index < -0.39 is 5.97 Å². The average Bonchev–Trinajstić information content (AvgIpc) is 2.38. The molecule has 2 N–H and O–H groups in total. The zero-order chi connectivity index (χ0) is 14.3. The minimum absolute atomic E-state index is 0.230. The molecule has 0 unspecified atom stereocenters. The van der Waals surface area contributed by atoms with Gasteiger partial charge in [0.25, 0.3) is 0 Å². The lowest BCUT2D eigenvalue weighted by molar-refractivity contribution is -0.137. The molecule has 0 aromatic heterocycles. The molecule has 1 aromatic carbocycles. The van der Waals surface area contributed by atoms with Crippen LogP contribution in [0.15, 0.2) is 18.2 Å². The van der Waals surface area contributed by atoms with Crippen LogP contribution in [0.1, 0.15) is 22.8 Å². The number of anilines is 1. The first kappa shape index (κ1) is 15.4. The largest absolute Gasteiger partial charge is 0.468 e. The van der Waals surface area contributed by atoms with Crippen LogP contribution < -0.4 is 5.73 Å². The number of carbonyl (C=O) groups is 2. The topological polar surface area (TPSA) is 78.6 Å². The first-order valence-corrected chi connectivity index (χ1v) is 6.94. The maximum Gasteiger partial charge on any atom is 0.340 e. The average molecular weight is 283 g/mol. The Hall–Kier alpha value is -1.69. The van der Waals surface area contributed by atoms with Gasteiger partial charge in [-0.3, -0.25) is 4.79 Å². The summed E-state index contributed by atoms with van der Waals surface area (Å²) in [6, 6.07) is 5.22. The van der Waals surface area contributed by atoms with Crippen LogP contribution in [0.3, 0.4) is 0 Å². The zero-order valence-electron chi connectivity index (χ0n) is 11.0. The highest BCUT2D eigenvalue weighted by molar-refractivity contribution is 7.99. The number of benzene rings is 1. The van der Waals surface area contributed by atoms with Crippen LogP contribution in [0.2, 0.25) is 0 Å². The molecular formula is C13H17NO4S. The summed E-state index contributed by atoms with van der Waals surface area (Å²) in [7, 11) is 1.34. The van der Waals surface area contributed by atoms with E-state index in [4.69, 9.17) is 10.5 Å². The summed E-state index contributed by atoms with van der Waals surface area (Å²) in [6.07, 6.45) is 0. The maximum atomic E-state index is 11.8. The summed E-state index contributed by atoms with van der Waals surface area (Å²) >= 11 is 1.36. The van der Waals surface area contributed by atoms with Crippen LogP contribution in [0, 0.1) is 0 Å². The Kier molecular flexibility index (Phi) is 6.21. The van der Waals surface area contributed by atoms with Crippen LogP contribution in [0.25, 0.3) is 0 Å². The minimum atomic E-state index is -0.436. The maximum absolute atomic E-state index is 11.8. The Balaban J connectivity index is 2.79. The fourth-order valence-corrected chi connectivity index (χ4v) is 2.34. The van der Waals surface area contributed by atoms with E-state index >= 15 is 0 Å². The van der Waals surface area contributed by atoms with Gasteiger partial charge in [-0.2, -0.15) is 0 Å². The van der Waals surface area contributed by atoms with Gasteiger partial charge >= 0.3 is 11.9 Å². The Labute approximate surface area is 116 Å². The lowest BCUT2D eigenvalue weighted by Crippen LogP contribution is -2.11. The molecule has 0 heterocycles. The summed E-state index contributed by atoms with van der Waals surface area (Å²) < 4.78 is 9.53. The molecule has 19 heavy (non-hydrogen) atoms. The van der Waals surface area contributed by atoms with Crippen molar-refractivity contribution in [1.82, 2.24) is 0 Å². The number of hydrogen-bond donors (Lipinski definition) is 1. The molecule has 0 saturated heterocycles. The molecule has 5 nitrogen and oxygen atoms in total. The van der Waals surface area contributed by atoms with Gasteiger partial charge in [-0.1, -0.05) is 12.1 Å². The number of nitrogens with two attached hydrogens (primary N) is 1. The fourth-order valence-electron chi connectivity index (χ4n) is 1.50. The highest BCUT2D eigenvalue weighted by atomic mass is 32.2. The molecule has 6 heteroatoms. The zero-order valence-corrected chi connectivity index (χ0v) is 11.8. The van der Waals surface area contributed by atoms with E-state index in [1.54, 1.807) is 25.1 Å². The Morgan fingerprint density at radius 2 is 2.11 bits per heavy atom. The lowest BCUT2D eigenvalue weighted by atomic mass is 10.1. The lowest BCUT2D eigenvalue weighted by Gasteiger charge is -2.10. The van der Waals surface area contributed by atoms with Crippen LogP contribution >= 0.6 is 11.8 Å². The highest BCUT2D eigenvalue weighted by Gasteiger charge is 2.16. The monoisotopic (exact) mass is 283 g/mol. The van der Waals surface area contributed by atoms with Crippen molar-refractivity contribution in [2.45, 2.75) is 12.7 Å². The SMILES string of the molecule is CCOC(=O)c1c(N)cccc1CSCC(=O)OC. The van der Waals surface area contributed by atoms with Gasteiger partial charge in [0.1, 0.15) is 0 Å². The summed E-state index contributed by atoms with van der Waals surface area (Å²) in [5, 5.41) is 0. The Bertz CT molecular complexity index is 462. The predicted molar refractivity (Wildman–Crippen MR) is 75.0 cm³/mol. The van der Waals surface area contributed by atoms with E-state index in [0.717, 1.165) is 5.56 Å². The number of rotatable bonds is 6. The van der Waals surface area contributed by atoms with E-state index in [1.807, 2.05) is 0 Å². The molecule has 0 aliphatic heterocycles. The number of thioether (sulfide) groups is 1. The quantitative estimate of drug-likeness (QED) is 0.634. The Morgan fingerprint density at radius 1 is 1.37 bits per heavy atom. The van der Waals surface area contributed by atoms with Gasteiger partial charge in [0.05, 0.1) is 25.0 Å². The number of ether oxygens (including phenoxy) is 2. The molecule has 0 spiro atoms. The second-order valence-corrected chi connectivity index (χ2v) is 4.66. The second kappa shape index (κ2) is 7.68. The van der Waals surface area contributed by atoms with Crippen LogP contribution in [-0.4, -0.2) is 31.4 Å². The van der Waals surface area contributed by atoms with Crippen molar-refractivity contribution in [1.29, 1.82) is 0 Å². The van der Waals surface area contributed by atoms with Crippen molar-refractivity contribution in [3.63, 3.8) is 0 Å². The third-order valence-electron chi connectivity index (χ3n) is 2.37. The first-order valence-electron chi connectivity index (χ1n) is 5.79. The molecule has 0 radical (unpaired) electrons. The highest BCUT2D eigenvalue weighted by Crippen LogP contribution is 2.22. The Morgan fingerprint density at radius 3 is 2.74 bits per heavy atom. The summed E-state index contributed by atoms with van der Waals surface area (Å²) in [4.78, 5) is 22.9. The molecule has 0 saturated carbocycles. The van der Waals surface area contributed by atoms with Crippen molar-refractivity contribution in [2.24, 2.45) is 0 Å². The molecule has 0 bridgehead atoms. The van der Waals surface area contributed by atoms with Crippen LogP contribution in [0.4, 0.5) is 5.69 Å². The van der Waals surface area contributed by atoms with E-state index in [1.165, 1.54) is 18.9 Å². The van der Waals surface area contributed by atoms with Crippen LogP contribution in [0.5, 0.6) is 0 Å². The van der Waals surface area contributed by atoms with Crippen molar-refractivity contribution >= 4 is 29.4 Å². The van der Waals surface area contributed by atoms with Crippen molar-refractivity contribution < 1.29 is 19.1 Å². The minimum Gasteiger partial charge on any atom is -0.468 e. The molecule has 0 atom stereocenters. The second-order valence-electron chi connectivity index (χ2n) is 3.67. The van der Waals surface area contributed by atoms with Gasteiger partial charge in [0.2, 0.25) is 0 Å². The molecule has 1 rings (SSSR count). The molecule has 0 amide bonds. The van der Waals surface area contributed by atoms with Gasteiger partial charge in [-0.15, -0.1) is 11.8 Å². The number of nitrogen functional groups attached to an aromatic ring is 1. The van der Waals surface area contributed by atoms with Crippen LogP contribution in [-0.2, 0) is 20.0 Å². The predicted octanol–water partition coefficient (Wildman–Crippen LogP) is 1.85. The van der Waals surface area contributed by atoms with Gasteiger partial charge in [0, 0.05) is 11.4 Å². The van der Waals surface area contributed by atoms with E-state index in [-0.39, 0.29) is 11.7 Å².